The molecule has 1 N–H and O–H groups in total. The van der Waals surface area contributed by atoms with Crippen LogP contribution in [0.5, 0.6) is 11.5 Å². The first-order valence-corrected chi connectivity index (χ1v) is 9.81. The van der Waals surface area contributed by atoms with Gasteiger partial charge in [-0.3, -0.25) is 9.52 Å². The standard InChI is InChI=1S/C20H15FN2O4S/c1-23-16-7-3-4-8-18(16)27-17-11-10-13(12-14(17)20(23)24)22-28(25,26)19-9-5-2-6-15(19)21/h2-12,22H,1H3. The summed E-state index contributed by atoms with van der Waals surface area (Å²) in [5, 5.41) is 0. The Morgan fingerprint density at radius 2 is 1.68 bits per heavy atom. The number of hydrogen-bond donors (Lipinski definition) is 1. The normalized spacial score (nSPS) is 13.2. The van der Waals surface area contributed by atoms with Crippen LogP contribution in [0.15, 0.2) is 71.6 Å². The lowest BCUT2D eigenvalue weighted by molar-refractivity contribution is 0.0993. The summed E-state index contributed by atoms with van der Waals surface area (Å²) >= 11 is 0. The van der Waals surface area contributed by atoms with Crippen LogP contribution in [0.3, 0.4) is 0 Å². The van der Waals surface area contributed by atoms with E-state index >= 15 is 0 Å². The third-order valence-corrected chi connectivity index (χ3v) is 5.75. The van der Waals surface area contributed by atoms with E-state index in [2.05, 4.69) is 4.72 Å². The Labute approximate surface area is 161 Å². The quantitative estimate of drug-likeness (QED) is 0.723. The summed E-state index contributed by atoms with van der Waals surface area (Å²) in [6.45, 7) is 0. The first-order chi connectivity index (χ1) is 13.4. The fraction of sp³-hybridized carbons (Fsp3) is 0.0500. The summed E-state index contributed by atoms with van der Waals surface area (Å²) in [6.07, 6.45) is 0. The molecule has 28 heavy (non-hydrogen) atoms. The van der Waals surface area contributed by atoms with Crippen molar-refractivity contribution in [3.05, 3.63) is 78.1 Å². The number of benzene rings is 3. The molecule has 0 bridgehead atoms. The topological polar surface area (TPSA) is 75.7 Å². The summed E-state index contributed by atoms with van der Waals surface area (Å²) in [5.41, 5.74) is 0.905. The smallest absolute Gasteiger partial charge is 0.264 e. The molecule has 0 unspecified atom stereocenters. The van der Waals surface area contributed by atoms with Crippen molar-refractivity contribution in [3.63, 3.8) is 0 Å². The maximum atomic E-state index is 13.9. The molecule has 4 rings (SSSR count). The predicted octanol–water partition coefficient (Wildman–Crippen LogP) is 4.01. The van der Waals surface area contributed by atoms with Crippen LogP contribution >= 0.6 is 0 Å². The molecule has 3 aromatic rings. The molecule has 1 aliphatic heterocycles. The summed E-state index contributed by atoms with van der Waals surface area (Å²) in [5.74, 6) is -0.404. The van der Waals surface area contributed by atoms with Gasteiger partial charge in [0.05, 0.1) is 11.3 Å². The zero-order valence-corrected chi connectivity index (χ0v) is 15.5. The minimum absolute atomic E-state index is 0.123. The Hall–Kier alpha value is -3.39. The van der Waals surface area contributed by atoms with Crippen molar-refractivity contribution in [1.82, 2.24) is 0 Å². The van der Waals surface area contributed by atoms with Crippen molar-refractivity contribution >= 4 is 27.3 Å². The molecular formula is C20H15FN2O4S. The third-order valence-electron chi connectivity index (χ3n) is 4.34. The van der Waals surface area contributed by atoms with Gasteiger partial charge in [0.1, 0.15) is 16.5 Å². The Morgan fingerprint density at radius 1 is 0.964 bits per heavy atom. The largest absolute Gasteiger partial charge is 0.454 e. The second-order valence-corrected chi connectivity index (χ2v) is 7.83. The van der Waals surface area contributed by atoms with Crippen LogP contribution in [0.25, 0.3) is 0 Å². The number of carbonyl (C=O) groups is 1. The maximum absolute atomic E-state index is 13.9. The summed E-state index contributed by atoms with van der Waals surface area (Å²) in [6, 6.07) is 16.5. The minimum Gasteiger partial charge on any atom is -0.454 e. The maximum Gasteiger partial charge on any atom is 0.264 e. The lowest BCUT2D eigenvalue weighted by atomic mass is 10.1. The van der Waals surface area contributed by atoms with Crippen LogP contribution in [0, 0.1) is 5.82 Å². The number of ether oxygens (including phenoxy) is 1. The number of amides is 1. The number of rotatable bonds is 3. The summed E-state index contributed by atoms with van der Waals surface area (Å²) in [4.78, 5) is 13.8. The van der Waals surface area contributed by atoms with E-state index in [1.165, 1.54) is 41.3 Å². The van der Waals surface area contributed by atoms with Gasteiger partial charge >= 0.3 is 0 Å². The Bertz CT molecular complexity index is 1190. The van der Waals surface area contributed by atoms with Crippen molar-refractivity contribution in [2.45, 2.75) is 4.90 Å². The van der Waals surface area contributed by atoms with Gasteiger partial charge in [-0.05, 0) is 42.5 Å². The van der Waals surface area contributed by atoms with E-state index in [9.17, 15) is 17.6 Å². The van der Waals surface area contributed by atoms with E-state index < -0.39 is 20.7 Å². The molecule has 6 nitrogen and oxygen atoms in total. The number of nitrogens with zero attached hydrogens (tertiary/aromatic N) is 1. The Morgan fingerprint density at radius 3 is 2.46 bits per heavy atom. The van der Waals surface area contributed by atoms with Crippen LogP contribution in [0.2, 0.25) is 0 Å². The lowest BCUT2D eigenvalue weighted by Crippen LogP contribution is -2.25. The van der Waals surface area contributed by atoms with Gasteiger partial charge in [0.25, 0.3) is 15.9 Å². The van der Waals surface area contributed by atoms with Crippen LogP contribution < -0.4 is 14.4 Å². The van der Waals surface area contributed by atoms with E-state index in [1.807, 2.05) is 0 Å². The van der Waals surface area contributed by atoms with Crippen LogP contribution in [-0.4, -0.2) is 21.4 Å². The third kappa shape index (κ3) is 3.07. The molecule has 3 aromatic carbocycles. The lowest BCUT2D eigenvalue weighted by Gasteiger charge is -2.16. The fourth-order valence-electron chi connectivity index (χ4n) is 2.95. The fourth-order valence-corrected chi connectivity index (χ4v) is 4.08. The average molecular weight is 398 g/mol. The van der Waals surface area contributed by atoms with Crippen LogP contribution in [0.4, 0.5) is 15.8 Å². The molecule has 0 atom stereocenters. The highest BCUT2D eigenvalue weighted by Crippen LogP contribution is 2.39. The minimum atomic E-state index is -4.16. The molecule has 142 valence electrons. The average Bonchev–Trinajstić information content (AvgIpc) is 2.78. The van der Waals surface area contributed by atoms with E-state index in [0.717, 1.165) is 6.07 Å². The van der Waals surface area contributed by atoms with E-state index in [0.29, 0.717) is 17.2 Å². The molecule has 0 radical (unpaired) electrons. The van der Waals surface area contributed by atoms with Gasteiger partial charge in [-0.15, -0.1) is 0 Å². The highest BCUT2D eigenvalue weighted by Gasteiger charge is 2.26. The Balaban J connectivity index is 1.72. The van der Waals surface area contributed by atoms with Gasteiger partial charge in [-0.25, -0.2) is 12.8 Å². The zero-order chi connectivity index (χ0) is 19.9. The Kier molecular flexibility index (Phi) is 4.27. The molecule has 0 saturated heterocycles. The molecule has 1 aliphatic rings. The highest BCUT2D eigenvalue weighted by atomic mass is 32.2. The number of nitrogens with one attached hydrogen (secondary N) is 1. The van der Waals surface area contributed by atoms with Crippen molar-refractivity contribution in [1.29, 1.82) is 0 Å². The van der Waals surface area contributed by atoms with E-state index in [4.69, 9.17) is 4.74 Å². The number of hydrogen-bond acceptors (Lipinski definition) is 4. The molecule has 1 amide bonds. The van der Waals surface area contributed by atoms with Crippen molar-refractivity contribution in [2.75, 3.05) is 16.7 Å². The number of sulfonamides is 1. The van der Waals surface area contributed by atoms with Gasteiger partial charge in [-0.1, -0.05) is 24.3 Å². The van der Waals surface area contributed by atoms with Crippen LogP contribution in [-0.2, 0) is 10.0 Å². The summed E-state index contributed by atoms with van der Waals surface area (Å²) < 4.78 is 47.0. The monoisotopic (exact) mass is 398 g/mol. The number of anilines is 2. The predicted molar refractivity (Wildman–Crippen MR) is 103 cm³/mol. The second-order valence-electron chi connectivity index (χ2n) is 6.18. The van der Waals surface area contributed by atoms with Gasteiger partial charge in [-0.2, -0.15) is 0 Å². The molecule has 0 aliphatic carbocycles. The number of fused-ring (bicyclic) bond motifs is 2. The van der Waals surface area contributed by atoms with Gasteiger partial charge in [0, 0.05) is 12.7 Å². The number of para-hydroxylation sites is 2. The second kappa shape index (κ2) is 6.65. The van der Waals surface area contributed by atoms with Gasteiger partial charge < -0.3 is 9.64 Å². The van der Waals surface area contributed by atoms with Gasteiger partial charge in [0.2, 0.25) is 0 Å². The molecule has 1 heterocycles. The number of carbonyl (C=O) groups excluding carboxylic acids is 1. The first-order valence-electron chi connectivity index (χ1n) is 8.33. The SMILES string of the molecule is CN1C(=O)c2cc(NS(=O)(=O)c3ccccc3F)ccc2Oc2ccccc21. The first kappa shape index (κ1) is 18.0. The number of halogens is 1. The van der Waals surface area contributed by atoms with Crippen molar-refractivity contribution < 1.29 is 22.3 Å². The molecule has 0 aromatic heterocycles. The molecule has 8 heteroatoms. The van der Waals surface area contributed by atoms with E-state index in [1.54, 1.807) is 31.3 Å². The molecule has 0 spiro atoms. The molecular weight excluding hydrogens is 383 g/mol. The zero-order valence-electron chi connectivity index (χ0n) is 14.7. The van der Waals surface area contributed by atoms with Crippen molar-refractivity contribution in [2.24, 2.45) is 0 Å². The van der Waals surface area contributed by atoms with Crippen LogP contribution in [0.1, 0.15) is 10.4 Å². The molecule has 0 fully saturated rings. The van der Waals surface area contributed by atoms with Crippen molar-refractivity contribution in [3.8, 4) is 11.5 Å². The van der Waals surface area contributed by atoms with E-state index in [-0.39, 0.29) is 17.2 Å². The van der Waals surface area contributed by atoms with Gasteiger partial charge in [0.15, 0.2) is 5.75 Å². The summed E-state index contributed by atoms with van der Waals surface area (Å²) in [7, 11) is -2.55. The highest BCUT2D eigenvalue weighted by molar-refractivity contribution is 7.92. The molecule has 0 saturated carbocycles.